The van der Waals surface area contributed by atoms with Crippen LogP contribution in [0.3, 0.4) is 0 Å². The average Bonchev–Trinajstić information content (AvgIpc) is 2.52. The normalized spacial score (nSPS) is 16.3. The van der Waals surface area contributed by atoms with Crippen LogP contribution >= 0.6 is 0 Å². The van der Waals surface area contributed by atoms with E-state index in [1.54, 1.807) is 12.1 Å². The van der Waals surface area contributed by atoms with Gasteiger partial charge >= 0.3 is 0 Å². The first-order valence-electron chi connectivity index (χ1n) is 7.15. The van der Waals surface area contributed by atoms with E-state index in [-0.39, 0.29) is 11.7 Å². The number of anilines is 1. The van der Waals surface area contributed by atoms with Crippen molar-refractivity contribution in [3.8, 4) is 11.8 Å². The van der Waals surface area contributed by atoms with E-state index in [0.717, 1.165) is 11.3 Å². The summed E-state index contributed by atoms with van der Waals surface area (Å²) in [5.74, 6) is -0.140. The van der Waals surface area contributed by atoms with Crippen LogP contribution in [0.1, 0.15) is 17.0 Å². The van der Waals surface area contributed by atoms with E-state index in [2.05, 4.69) is 6.07 Å². The number of hydrogen-bond donors (Lipinski definition) is 1. The third-order valence-corrected chi connectivity index (χ3v) is 3.90. The van der Waals surface area contributed by atoms with E-state index in [0.29, 0.717) is 16.9 Å². The number of halogens is 1. The topological polar surface area (TPSA) is 62.3 Å². The van der Waals surface area contributed by atoms with Gasteiger partial charge in [0.25, 0.3) is 0 Å². The number of allylic oxidation sites excluding steroid dienone is 1. The summed E-state index contributed by atoms with van der Waals surface area (Å²) in [6.07, 6.45) is 0. The average molecular weight is 309 g/mol. The van der Waals surface area contributed by atoms with Crippen LogP contribution < -0.4 is 15.4 Å². The number of nitrogens with two attached hydrogens (primary N) is 1. The summed E-state index contributed by atoms with van der Waals surface area (Å²) in [5, 5.41) is 9.46. The number of fused-ring (bicyclic) bond motifs is 1. The van der Waals surface area contributed by atoms with Crippen LogP contribution in [0, 0.1) is 17.1 Å². The SMILES string of the molecule is CN(C)c1ccc2c(c1)OC(N)=C(C#N)[C@@H]2c1cccc(F)c1. The van der Waals surface area contributed by atoms with Crippen molar-refractivity contribution in [2.45, 2.75) is 5.92 Å². The van der Waals surface area contributed by atoms with Crippen LogP contribution in [-0.2, 0) is 0 Å². The van der Waals surface area contributed by atoms with Crippen molar-refractivity contribution in [2.75, 3.05) is 19.0 Å². The molecule has 116 valence electrons. The fraction of sp³-hybridized carbons (Fsp3) is 0.167. The minimum Gasteiger partial charge on any atom is -0.440 e. The molecule has 5 heteroatoms. The van der Waals surface area contributed by atoms with Crippen molar-refractivity contribution < 1.29 is 9.13 Å². The fourth-order valence-electron chi connectivity index (χ4n) is 2.75. The maximum Gasteiger partial charge on any atom is 0.205 e. The van der Waals surface area contributed by atoms with Crippen LogP contribution in [0.15, 0.2) is 53.9 Å². The molecule has 1 atom stereocenters. The molecule has 23 heavy (non-hydrogen) atoms. The van der Waals surface area contributed by atoms with Crippen molar-refractivity contribution in [2.24, 2.45) is 5.73 Å². The van der Waals surface area contributed by atoms with Crippen molar-refractivity contribution in [3.63, 3.8) is 0 Å². The molecular weight excluding hydrogens is 293 g/mol. The smallest absolute Gasteiger partial charge is 0.205 e. The monoisotopic (exact) mass is 309 g/mol. The van der Waals surface area contributed by atoms with Crippen molar-refractivity contribution in [1.82, 2.24) is 0 Å². The van der Waals surface area contributed by atoms with Gasteiger partial charge in [-0.2, -0.15) is 5.26 Å². The summed E-state index contributed by atoms with van der Waals surface area (Å²) in [6, 6.07) is 14.0. The first-order valence-corrected chi connectivity index (χ1v) is 7.15. The molecule has 0 spiro atoms. The Hall–Kier alpha value is -3.00. The molecule has 1 heterocycles. The summed E-state index contributed by atoms with van der Waals surface area (Å²) in [6.45, 7) is 0. The molecule has 0 aromatic heterocycles. The van der Waals surface area contributed by atoms with Crippen molar-refractivity contribution >= 4 is 5.69 Å². The predicted molar refractivity (Wildman–Crippen MR) is 86.5 cm³/mol. The first kappa shape index (κ1) is 14.9. The molecule has 0 bridgehead atoms. The zero-order valence-corrected chi connectivity index (χ0v) is 12.9. The standard InChI is InChI=1S/C18H16FN3O/c1-22(2)13-6-7-14-16(9-13)23-18(21)15(10-20)17(14)11-4-3-5-12(19)8-11/h3-9,17H,21H2,1-2H3/t17-/m1/s1. The van der Waals surface area contributed by atoms with Gasteiger partial charge in [0.1, 0.15) is 23.2 Å². The molecule has 3 rings (SSSR count). The molecule has 4 nitrogen and oxygen atoms in total. The van der Waals surface area contributed by atoms with Gasteiger partial charge in [0.2, 0.25) is 5.88 Å². The number of nitriles is 1. The van der Waals surface area contributed by atoms with Crippen LogP contribution in [0.25, 0.3) is 0 Å². The third-order valence-electron chi connectivity index (χ3n) is 3.90. The molecule has 0 fully saturated rings. The quantitative estimate of drug-likeness (QED) is 0.926. The molecule has 2 aromatic rings. The number of hydrogen-bond acceptors (Lipinski definition) is 4. The van der Waals surface area contributed by atoms with Crippen LogP contribution in [0.2, 0.25) is 0 Å². The lowest BCUT2D eigenvalue weighted by Gasteiger charge is -2.27. The maximum atomic E-state index is 13.6. The summed E-state index contributed by atoms with van der Waals surface area (Å²) >= 11 is 0. The number of rotatable bonds is 2. The van der Waals surface area contributed by atoms with Crippen molar-refractivity contribution in [3.05, 3.63) is 70.9 Å². The second kappa shape index (κ2) is 5.65. The van der Waals surface area contributed by atoms with E-state index in [4.69, 9.17) is 10.5 Å². The second-order valence-corrected chi connectivity index (χ2v) is 5.60. The van der Waals surface area contributed by atoms with Crippen molar-refractivity contribution in [1.29, 1.82) is 5.26 Å². The summed E-state index contributed by atoms with van der Waals surface area (Å²) in [4.78, 5) is 1.94. The lowest BCUT2D eigenvalue weighted by Crippen LogP contribution is -2.21. The molecule has 1 aliphatic rings. The van der Waals surface area contributed by atoms with E-state index in [1.165, 1.54) is 12.1 Å². The highest BCUT2D eigenvalue weighted by Crippen LogP contribution is 2.43. The molecule has 0 aliphatic carbocycles. The summed E-state index contributed by atoms with van der Waals surface area (Å²) in [5.41, 5.74) is 8.64. The number of nitrogens with zero attached hydrogens (tertiary/aromatic N) is 2. The maximum absolute atomic E-state index is 13.6. The minimum atomic E-state index is -0.435. The summed E-state index contributed by atoms with van der Waals surface area (Å²) in [7, 11) is 3.85. The zero-order chi connectivity index (χ0) is 16.6. The second-order valence-electron chi connectivity index (χ2n) is 5.60. The molecule has 0 saturated carbocycles. The minimum absolute atomic E-state index is 0.0603. The van der Waals surface area contributed by atoms with E-state index >= 15 is 0 Å². The molecule has 1 aliphatic heterocycles. The highest BCUT2D eigenvalue weighted by atomic mass is 19.1. The Labute approximate surface area is 134 Å². The van der Waals surface area contributed by atoms with Gasteiger partial charge in [-0.25, -0.2) is 4.39 Å². The predicted octanol–water partition coefficient (Wildman–Crippen LogP) is 3.11. The first-order chi connectivity index (χ1) is 11.0. The largest absolute Gasteiger partial charge is 0.440 e. The van der Waals surface area contributed by atoms with Crippen LogP contribution in [0.4, 0.5) is 10.1 Å². The third kappa shape index (κ3) is 2.59. The van der Waals surface area contributed by atoms with Gasteiger partial charge in [-0.1, -0.05) is 18.2 Å². The van der Waals surface area contributed by atoms with Gasteiger partial charge in [0.15, 0.2) is 0 Å². The van der Waals surface area contributed by atoms with Gasteiger partial charge in [0, 0.05) is 31.4 Å². The number of benzene rings is 2. The highest BCUT2D eigenvalue weighted by molar-refractivity contribution is 5.61. The van der Waals surface area contributed by atoms with E-state index in [1.807, 2.05) is 37.2 Å². The molecule has 2 aromatic carbocycles. The Balaban J connectivity index is 2.20. The zero-order valence-electron chi connectivity index (χ0n) is 12.9. The fourth-order valence-corrected chi connectivity index (χ4v) is 2.75. The summed E-state index contributed by atoms with van der Waals surface area (Å²) < 4.78 is 19.3. The Morgan fingerprint density at radius 2 is 2.00 bits per heavy atom. The molecular formula is C18H16FN3O. The Morgan fingerprint density at radius 3 is 2.65 bits per heavy atom. The Kier molecular flexibility index (Phi) is 3.67. The Bertz CT molecular complexity index is 836. The molecule has 0 radical (unpaired) electrons. The Morgan fingerprint density at radius 1 is 1.22 bits per heavy atom. The van der Waals surface area contributed by atoms with Gasteiger partial charge in [-0.05, 0) is 23.8 Å². The molecule has 2 N–H and O–H groups in total. The molecule has 0 saturated heterocycles. The lowest BCUT2D eigenvalue weighted by atomic mass is 9.83. The number of ether oxygens (including phenoxy) is 1. The van der Waals surface area contributed by atoms with E-state index in [9.17, 15) is 9.65 Å². The molecule has 0 unspecified atom stereocenters. The van der Waals surface area contributed by atoms with Crippen LogP contribution in [-0.4, -0.2) is 14.1 Å². The van der Waals surface area contributed by atoms with Gasteiger partial charge in [-0.15, -0.1) is 0 Å². The van der Waals surface area contributed by atoms with E-state index < -0.39 is 5.92 Å². The lowest BCUT2D eigenvalue weighted by molar-refractivity contribution is 0.393. The van der Waals surface area contributed by atoms with Gasteiger partial charge in [-0.3, -0.25) is 0 Å². The van der Waals surface area contributed by atoms with Gasteiger partial charge < -0.3 is 15.4 Å². The van der Waals surface area contributed by atoms with Crippen LogP contribution in [0.5, 0.6) is 5.75 Å². The molecule has 0 amide bonds. The highest BCUT2D eigenvalue weighted by Gasteiger charge is 2.31. The van der Waals surface area contributed by atoms with Gasteiger partial charge in [0.05, 0.1) is 5.92 Å².